The van der Waals surface area contributed by atoms with E-state index in [1.54, 1.807) is 37.3 Å². The zero-order valence-electron chi connectivity index (χ0n) is 15.5. The minimum Gasteiger partial charge on any atom is -0.507 e. The van der Waals surface area contributed by atoms with Gasteiger partial charge in [-0.25, -0.2) is 0 Å². The van der Waals surface area contributed by atoms with E-state index in [0.717, 1.165) is 5.56 Å². The summed E-state index contributed by atoms with van der Waals surface area (Å²) in [5, 5.41) is 16.9. The van der Waals surface area contributed by atoms with Crippen molar-refractivity contribution in [2.75, 3.05) is 5.32 Å². The van der Waals surface area contributed by atoms with Gasteiger partial charge < -0.3 is 14.9 Å². The highest BCUT2D eigenvalue weighted by Gasteiger charge is 2.19. The summed E-state index contributed by atoms with van der Waals surface area (Å²) in [5.41, 5.74) is 2.05. The van der Waals surface area contributed by atoms with Crippen LogP contribution in [0.25, 0.3) is 11.5 Å². The van der Waals surface area contributed by atoms with E-state index in [1.807, 2.05) is 20.8 Å². The number of aromatic hydroxyl groups is 1. The molecule has 1 heterocycles. The maximum atomic E-state index is 12.7. The number of aromatic nitrogens is 2. The van der Waals surface area contributed by atoms with Gasteiger partial charge in [-0.15, -0.1) is 0 Å². The van der Waals surface area contributed by atoms with Gasteiger partial charge in [0.05, 0.1) is 16.3 Å². The number of phenols is 1. The van der Waals surface area contributed by atoms with E-state index in [1.165, 1.54) is 6.07 Å². The third-order valence-electron chi connectivity index (χ3n) is 4.10. The van der Waals surface area contributed by atoms with Crippen LogP contribution < -0.4 is 5.32 Å². The van der Waals surface area contributed by atoms with Crippen molar-refractivity contribution >= 4 is 23.2 Å². The van der Waals surface area contributed by atoms with Crippen LogP contribution in [0, 0.1) is 6.92 Å². The monoisotopic (exact) mass is 385 g/mol. The van der Waals surface area contributed by atoms with Crippen LogP contribution in [-0.4, -0.2) is 21.2 Å². The number of aryl methyl sites for hydroxylation is 1. The summed E-state index contributed by atoms with van der Waals surface area (Å²) in [6.45, 7) is 7.84. The number of hydrogen-bond acceptors (Lipinski definition) is 5. The molecule has 3 aromatic rings. The van der Waals surface area contributed by atoms with Crippen molar-refractivity contribution in [3.63, 3.8) is 0 Å². The average molecular weight is 386 g/mol. The lowest BCUT2D eigenvalue weighted by Crippen LogP contribution is -2.16. The quantitative estimate of drug-likeness (QED) is 0.665. The van der Waals surface area contributed by atoms with E-state index in [4.69, 9.17) is 16.1 Å². The summed E-state index contributed by atoms with van der Waals surface area (Å²) < 4.78 is 5.12. The molecule has 0 saturated carbocycles. The second-order valence-corrected chi connectivity index (χ2v) is 7.68. The lowest BCUT2D eigenvalue weighted by molar-refractivity contribution is 0.102. The Hall–Kier alpha value is -2.86. The third-order valence-corrected chi connectivity index (χ3v) is 4.41. The zero-order valence-corrected chi connectivity index (χ0v) is 16.3. The number of phenolic OH excluding ortho intramolecular Hbond substituents is 1. The van der Waals surface area contributed by atoms with E-state index in [2.05, 4.69) is 15.5 Å². The Bertz CT molecular complexity index is 1010. The van der Waals surface area contributed by atoms with Gasteiger partial charge in [0, 0.05) is 5.56 Å². The van der Waals surface area contributed by atoms with Crippen molar-refractivity contribution < 1.29 is 14.4 Å². The fourth-order valence-electron chi connectivity index (χ4n) is 2.54. The highest BCUT2D eigenvalue weighted by molar-refractivity contribution is 6.34. The first kappa shape index (κ1) is 18.9. The summed E-state index contributed by atoms with van der Waals surface area (Å²) in [4.78, 5) is 16.8. The molecule has 0 spiro atoms. The molecule has 3 rings (SSSR count). The molecule has 1 amide bonds. The molecular formula is C20H20ClN3O3. The molecule has 7 heteroatoms. The summed E-state index contributed by atoms with van der Waals surface area (Å²) in [6, 6.07) is 10.0. The highest BCUT2D eigenvalue weighted by atomic mass is 35.5. The predicted molar refractivity (Wildman–Crippen MR) is 104 cm³/mol. The van der Waals surface area contributed by atoms with Crippen LogP contribution in [0.2, 0.25) is 5.02 Å². The van der Waals surface area contributed by atoms with Gasteiger partial charge in [-0.1, -0.05) is 43.6 Å². The fraction of sp³-hybridized carbons (Fsp3) is 0.250. The number of nitrogens with zero attached hydrogens (tertiary/aromatic N) is 2. The van der Waals surface area contributed by atoms with E-state index in [-0.39, 0.29) is 16.7 Å². The fourth-order valence-corrected chi connectivity index (χ4v) is 2.77. The topological polar surface area (TPSA) is 88.2 Å². The molecule has 0 fully saturated rings. The SMILES string of the molecule is Cc1noc(-c2ccc(NC(=O)c3cc(C(C)(C)C)ccc3O)c(Cl)c2)n1. The number of amides is 1. The maximum Gasteiger partial charge on any atom is 0.259 e. The molecular weight excluding hydrogens is 366 g/mol. The number of carbonyl (C=O) groups excluding carboxylic acids is 1. The molecule has 0 aliphatic rings. The first-order valence-corrected chi connectivity index (χ1v) is 8.78. The highest BCUT2D eigenvalue weighted by Crippen LogP contribution is 2.31. The van der Waals surface area contributed by atoms with Gasteiger partial charge in [0.2, 0.25) is 0 Å². The van der Waals surface area contributed by atoms with Crippen LogP contribution in [-0.2, 0) is 5.41 Å². The largest absolute Gasteiger partial charge is 0.507 e. The van der Waals surface area contributed by atoms with Gasteiger partial charge in [0.1, 0.15) is 5.75 Å². The van der Waals surface area contributed by atoms with Gasteiger partial charge >= 0.3 is 0 Å². The Morgan fingerprint density at radius 1 is 1.19 bits per heavy atom. The normalized spacial score (nSPS) is 11.4. The molecule has 2 N–H and O–H groups in total. The Kier molecular flexibility index (Phi) is 4.93. The second-order valence-electron chi connectivity index (χ2n) is 7.28. The van der Waals surface area contributed by atoms with Crippen molar-refractivity contribution in [2.45, 2.75) is 33.1 Å². The average Bonchev–Trinajstić information content (AvgIpc) is 3.02. The van der Waals surface area contributed by atoms with Gasteiger partial charge in [0.25, 0.3) is 11.8 Å². The molecule has 0 atom stereocenters. The molecule has 0 saturated heterocycles. The van der Waals surface area contributed by atoms with Crippen LogP contribution in [0.4, 0.5) is 5.69 Å². The van der Waals surface area contributed by atoms with Crippen LogP contribution in [0.3, 0.4) is 0 Å². The Balaban J connectivity index is 1.86. The molecule has 0 unspecified atom stereocenters. The summed E-state index contributed by atoms with van der Waals surface area (Å²) in [5.74, 6) is 0.340. The smallest absolute Gasteiger partial charge is 0.259 e. The molecule has 0 aliphatic heterocycles. The van der Waals surface area contributed by atoms with Gasteiger partial charge in [-0.05, 0) is 48.2 Å². The minimum absolute atomic E-state index is 0.0884. The van der Waals surface area contributed by atoms with Crippen molar-refractivity contribution in [2.24, 2.45) is 0 Å². The predicted octanol–water partition coefficient (Wildman–Crippen LogP) is 4.95. The molecule has 0 bridgehead atoms. The molecule has 6 nitrogen and oxygen atoms in total. The van der Waals surface area contributed by atoms with E-state index < -0.39 is 5.91 Å². The number of benzene rings is 2. The Morgan fingerprint density at radius 3 is 2.52 bits per heavy atom. The lowest BCUT2D eigenvalue weighted by Gasteiger charge is -2.20. The molecule has 2 aromatic carbocycles. The van der Waals surface area contributed by atoms with Crippen LogP contribution in [0.15, 0.2) is 40.9 Å². The summed E-state index contributed by atoms with van der Waals surface area (Å²) >= 11 is 6.29. The van der Waals surface area contributed by atoms with Crippen LogP contribution in [0.1, 0.15) is 42.5 Å². The molecule has 27 heavy (non-hydrogen) atoms. The number of hydrogen-bond donors (Lipinski definition) is 2. The van der Waals surface area contributed by atoms with Crippen molar-refractivity contribution in [3.05, 3.63) is 58.4 Å². The van der Waals surface area contributed by atoms with Crippen molar-refractivity contribution in [1.29, 1.82) is 0 Å². The molecule has 0 aliphatic carbocycles. The number of anilines is 1. The van der Waals surface area contributed by atoms with E-state index >= 15 is 0 Å². The van der Waals surface area contributed by atoms with Gasteiger partial charge in [-0.3, -0.25) is 4.79 Å². The van der Waals surface area contributed by atoms with Gasteiger partial charge in [0.15, 0.2) is 5.82 Å². The number of carbonyl (C=O) groups is 1. The number of rotatable bonds is 3. The van der Waals surface area contributed by atoms with E-state index in [9.17, 15) is 9.90 Å². The Morgan fingerprint density at radius 2 is 1.93 bits per heavy atom. The van der Waals surface area contributed by atoms with Gasteiger partial charge in [-0.2, -0.15) is 4.98 Å². The van der Waals surface area contributed by atoms with Crippen molar-refractivity contribution in [3.8, 4) is 17.2 Å². The van der Waals surface area contributed by atoms with E-state index in [0.29, 0.717) is 28.0 Å². The number of nitrogens with one attached hydrogen (secondary N) is 1. The molecule has 0 radical (unpaired) electrons. The standard InChI is InChI=1S/C20H20ClN3O3/c1-11-22-19(27-24-11)12-5-7-16(15(21)9-12)23-18(26)14-10-13(20(2,3)4)6-8-17(14)25/h5-10,25H,1-4H3,(H,23,26). The third kappa shape index (κ3) is 4.11. The van der Waals surface area contributed by atoms with Crippen LogP contribution >= 0.6 is 11.6 Å². The Labute approximate surface area is 162 Å². The number of halogens is 1. The molecule has 140 valence electrons. The lowest BCUT2D eigenvalue weighted by atomic mass is 9.86. The summed E-state index contributed by atoms with van der Waals surface area (Å²) in [7, 11) is 0. The van der Waals surface area contributed by atoms with Crippen LogP contribution in [0.5, 0.6) is 5.75 Å². The first-order chi connectivity index (χ1) is 12.6. The second kappa shape index (κ2) is 7.04. The first-order valence-electron chi connectivity index (χ1n) is 8.40. The van der Waals surface area contributed by atoms with Crippen molar-refractivity contribution in [1.82, 2.24) is 10.1 Å². The summed E-state index contributed by atoms with van der Waals surface area (Å²) in [6.07, 6.45) is 0. The molecule has 1 aromatic heterocycles. The minimum atomic E-state index is -0.443. The zero-order chi connectivity index (χ0) is 19.8. The maximum absolute atomic E-state index is 12.7.